The van der Waals surface area contributed by atoms with Crippen LogP contribution in [-0.2, 0) is 0 Å². The third kappa shape index (κ3) is 5.88. The molecular weight excluding hydrogens is 817 g/mol. The molecule has 0 saturated heterocycles. The van der Waals surface area contributed by atoms with Gasteiger partial charge in [0.2, 0.25) is 0 Å². The summed E-state index contributed by atoms with van der Waals surface area (Å²) in [4.78, 5) is 0. The SMILES string of the molecule is c1ccc2c(-c3c4ccccc4c(-c4cccc5cc(-c6ccc7c(-c8c9ccccc9c(-c9cccc%10ccccc9%10)c9ccccc89)cccc7c6)ccc45)c4ccccc34)cccc2c1. The third-order valence-corrected chi connectivity index (χ3v) is 14.6. The van der Waals surface area contributed by atoms with E-state index in [0.29, 0.717) is 0 Å². The second-order valence-electron chi connectivity index (χ2n) is 18.2. The van der Waals surface area contributed by atoms with Crippen LogP contribution < -0.4 is 0 Å². The van der Waals surface area contributed by atoms with E-state index in [1.165, 1.54) is 142 Å². The van der Waals surface area contributed by atoms with Gasteiger partial charge in [-0.1, -0.05) is 243 Å². The average molecular weight is 859 g/mol. The number of hydrogen-bond acceptors (Lipinski definition) is 0. The molecule has 0 amide bonds. The quantitative estimate of drug-likeness (QED) is 0.151. The standard InChI is InChI=1S/C68H42/c1-3-23-49-43(17-1)19-13-33-53(49)65-57-25-5-9-29-61(57)67(62-30-10-6-26-58(62)65)55-35-15-21-47-41-45(37-39-51(47)55)46-38-40-52-48(42-46)22-16-36-56(52)68-63-31-11-7-27-59(63)66(60-28-8-12-32-64(60)68)54-34-14-20-44-18-2-4-24-50(44)54/h1-42H. The summed E-state index contributed by atoms with van der Waals surface area (Å²) < 4.78 is 0. The normalized spacial score (nSPS) is 11.8. The topological polar surface area (TPSA) is 0 Å². The minimum atomic E-state index is 1.21. The van der Waals surface area contributed by atoms with Crippen LogP contribution in [0.4, 0.5) is 0 Å². The Kier molecular flexibility index (Phi) is 8.69. The van der Waals surface area contributed by atoms with Crippen LogP contribution in [0.5, 0.6) is 0 Å². The van der Waals surface area contributed by atoms with Crippen molar-refractivity contribution in [2.45, 2.75) is 0 Å². The van der Waals surface area contributed by atoms with Gasteiger partial charge in [-0.05, 0) is 154 Å². The number of hydrogen-bond donors (Lipinski definition) is 0. The first kappa shape index (κ1) is 38.4. The molecule has 314 valence electrons. The lowest BCUT2D eigenvalue weighted by atomic mass is 9.83. The van der Waals surface area contributed by atoms with Gasteiger partial charge in [-0.25, -0.2) is 0 Å². The van der Waals surface area contributed by atoms with Crippen molar-refractivity contribution in [3.05, 3.63) is 255 Å². The van der Waals surface area contributed by atoms with Gasteiger partial charge >= 0.3 is 0 Å². The van der Waals surface area contributed by atoms with Crippen LogP contribution in [-0.4, -0.2) is 0 Å². The lowest BCUT2D eigenvalue weighted by Crippen LogP contribution is -1.92. The van der Waals surface area contributed by atoms with E-state index in [-0.39, 0.29) is 0 Å². The fraction of sp³-hybridized carbons (Fsp3) is 0. The van der Waals surface area contributed by atoms with E-state index >= 15 is 0 Å². The highest BCUT2D eigenvalue weighted by Gasteiger charge is 2.21. The van der Waals surface area contributed by atoms with Gasteiger partial charge in [-0.2, -0.15) is 0 Å². The Balaban J connectivity index is 0.914. The van der Waals surface area contributed by atoms with Crippen LogP contribution in [0.25, 0.3) is 142 Å². The summed E-state index contributed by atoms with van der Waals surface area (Å²) in [6.45, 7) is 0. The maximum Gasteiger partial charge on any atom is -0.00201 e. The second-order valence-corrected chi connectivity index (χ2v) is 18.2. The zero-order chi connectivity index (χ0) is 44.7. The molecule has 0 heterocycles. The Morgan fingerprint density at radius 2 is 0.368 bits per heavy atom. The summed E-state index contributed by atoms with van der Waals surface area (Å²) in [7, 11) is 0. The van der Waals surface area contributed by atoms with Gasteiger partial charge in [0.25, 0.3) is 0 Å². The molecule has 14 aromatic carbocycles. The van der Waals surface area contributed by atoms with Crippen molar-refractivity contribution in [1.82, 2.24) is 0 Å². The molecule has 0 aromatic heterocycles. The number of fused-ring (bicyclic) bond motifs is 8. The molecule has 0 aliphatic heterocycles. The van der Waals surface area contributed by atoms with Gasteiger partial charge < -0.3 is 0 Å². The van der Waals surface area contributed by atoms with Crippen molar-refractivity contribution in [3.8, 4) is 55.6 Å². The first-order chi connectivity index (χ1) is 33.8. The van der Waals surface area contributed by atoms with E-state index in [2.05, 4.69) is 255 Å². The number of benzene rings is 14. The minimum absolute atomic E-state index is 1.21. The molecule has 0 bridgehead atoms. The monoisotopic (exact) mass is 858 g/mol. The zero-order valence-corrected chi connectivity index (χ0v) is 37.2. The van der Waals surface area contributed by atoms with Crippen molar-refractivity contribution >= 4 is 86.2 Å². The lowest BCUT2D eigenvalue weighted by Gasteiger charge is -2.20. The molecule has 0 heteroatoms. The van der Waals surface area contributed by atoms with Gasteiger partial charge in [0.1, 0.15) is 0 Å². The van der Waals surface area contributed by atoms with Crippen LogP contribution in [0.3, 0.4) is 0 Å². The predicted molar refractivity (Wildman–Crippen MR) is 294 cm³/mol. The summed E-state index contributed by atoms with van der Waals surface area (Å²) in [5.41, 5.74) is 12.6. The first-order valence-electron chi connectivity index (χ1n) is 23.7. The van der Waals surface area contributed by atoms with Crippen LogP contribution in [0.15, 0.2) is 255 Å². The van der Waals surface area contributed by atoms with Crippen LogP contribution in [0.2, 0.25) is 0 Å². The zero-order valence-electron chi connectivity index (χ0n) is 37.2. The lowest BCUT2D eigenvalue weighted by molar-refractivity contribution is 1.65. The van der Waals surface area contributed by atoms with E-state index in [9.17, 15) is 0 Å². The summed E-state index contributed by atoms with van der Waals surface area (Å²) in [6, 6.07) is 94.6. The third-order valence-electron chi connectivity index (χ3n) is 14.6. The van der Waals surface area contributed by atoms with Gasteiger partial charge in [0, 0.05) is 0 Å². The van der Waals surface area contributed by atoms with Crippen molar-refractivity contribution < 1.29 is 0 Å². The van der Waals surface area contributed by atoms with Crippen molar-refractivity contribution in [2.24, 2.45) is 0 Å². The molecule has 0 fully saturated rings. The Hall–Kier alpha value is -8.84. The summed E-state index contributed by atoms with van der Waals surface area (Å²) in [5.74, 6) is 0. The number of rotatable bonds is 5. The minimum Gasteiger partial charge on any atom is -0.0616 e. The van der Waals surface area contributed by atoms with E-state index in [1.54, 1.807) is 0 Å². The average Bonchev–Trinajstić information content (AvgIpc) is 3.41. The second kappa shape index (κ2) is 15.4. The van der Waals surface area contributed by atoms with E-state index < -0.39 is 0 Å². The Morgan fingerprint density at radius 3 is 0.662 bits per heavy atom. The fourth-order valence-corrected chi connectivity index (χ4v) is 11.7. The van der Waals surface area contributed by atoms with E-state index in [0.717, 1.165) is 0 Å². The molecule has 0 atom stereocenters. The van der Waals surface area contributed by atoms with Gasteiger partial charge in [-0.3, -0.25) is 0 Å². The Labute approximate surface area is 394 Å². The molecule has 0 radical (unpaired) electrons. The summed E-state index contributed by atoms with van der Waals surface area (Å²) in [5, 5.41) is 20.1. The highest BCUT2D eigenvalue weighted by molar-refractivity contribution is 6.27. The van der Waals surface area contributed by atoms with Gasteiger partial charge in [0.05, 0.1) is 0 Å². The molecule has 0 aliphatic carbocycles. The van der Waals surface area contributed by atoms with Crippen LogP contribution in [0, 0.1) is 0 Å². The molecule has 68 heavy (non-hydrogen) atoms. The van der Waals surface area contributed by atoms with E-state index in [4.69, 9.17) is 0 Å². The molecule has 0 saturated carbocycles. The molecule has 0 nitrogen and oxygen atoms in total. The highest BCUT2D eigenvalue weighted by atomic mass is 14.2. The molecule has 0 unspecified atom stereocenters. The van der Waals surface area contributed by atoms with Crippen LogP contribution in [0.1, 0.15) is 0 Å². The first-order valence-corrected chi connectivity index (χ1v) is 23.7. The predicted octanol–water partition coefficient (Wildman–Crippen LogP) is 19.2. The highest BCUT2D eigenvalue weighted by Crippen LogP contribution is 2.49. The largest absolute Gasteiger partial charge is 0.0616 e. The molecular formula is C68H42. The maximum absolute atomic E-state index is 2.38. The summed E-state index contributed by atoms with van der Waals surface area (Å²) >= 11 is 0. The smallest absolute Gasteiger partial charge is 0.00201 e. The summed E-state index contributed by atoms with van der Waals surface area (Å²) in [6.07, 6.45) is 0. The molecule has 14 rings (SSSR count). The molecule has 0 N–H and O–H groups in total. The Morgan fingerprint density at radius 1 is 0.147 bits per heavy atom. The van der Waals surface area contributed by atoms with Crippen LogP contribution >= 0.6 is 0 Å². The molecule has 14 aromatic rings. The van der Waals surface area contributed by atoms with Crippen molar-refractivity contribution in [2.75, 3.05) is 0 Å². The van der Waals surface area contributed by atoms with Crippen molar-refractivity contribution in [3.63, 3.8) is 0 Å². The van der Waals surface area contributed by atoms with Gasteiger partial charge in [-0.15, -0.1) is 0 Å². The van der Waals surface area contributed by atoms with Gasteiger partial charge in [0.15, 0.2) is 0 Å². The van der Waals surface area contributed by atoms with Crippen molar-refractivity contribution in [1.29, 1.82) is 0 Å². The fourth-order valence-electron chi connectivity index (χ4n) is 11.7. The molecule has 0 aliphatic rings. The molecule has 0 spiro atoms. The Bertz CT molecular complexity index is 3970. The maximum atomic E-state index is 2.38. The van der Waals surface area contributed by atoms with E-state index in [1.807, 2.05) is 0 Å².